The summed E-state index contributed by atoms with van der Waals surface area (Å²) >= 11 is 3.53. The molecule has 0 spiro atoms. The van der Waals surface area contributed by atoms with Gasteiger partial charge in [0.15, 0.2) is 0 Å². The van der Waals surface area contributed by atoms with Crippen molar-refractivity contribution in [2.75, 3.05) is 26.3 Å². The molecule has 4 N–H and O–H groups in total. The monoisotopic (exact) mass is 316 g/mol. The van der Waals surface area contributed by atoms with Gasteiger partial charge in [-0.05, 0) is 18.6 Å². The Morgan fingerprint density at radius 1 is 1.22 bits per heavy atom. The minimum atomic E-state index is -0.0956. The van der Waals surface area contributed by atoms with Crippen molar-refractivity contribution in [1.29, 1.82) is 0 Å². The third-order valence-electron chi connectivity index (χ3n) is 2.89. The van der Waals surface area contributed by atoms with Crippen molar-refractivity contribution >= 4 is 15.9 Å². The van der Waals surface area contributed by atoms with E-state index in [0.717, 1.165) is 10.0 Å². The van der Waals surface area contributed by atoms with Crippen molar-refractivity contribution in [3.05, 3.63) is 34.3 Å². The Hall–Kier alpha value is -0.460. The molecule has 0 radical (unpaired) electrons. The Bertz CT molecular complexity index is 355. The van der Waals surface area contributed by atoms with E-state index in [-0.39, 0.29) is 25.3 Å². The molecule has 0 fully saturated rings. The van der Waals surface area contributed by atoms with Crippen molar-refractivity contribution in [2.24, 2.45) is 5.73 Å². The second-order valence-electron chi connectivity index (χ2n) is 4.31. The molecule has 102 valence electrons. The van der Waals surface area contributed by atoms with Crippen LogP contribution in [0.15, 0.2) is 28.7 Å². The van der Waals surface area contributed by atoms with Crippen LogP contribution in [0.3, 0.4) is 0 Å². The van der Waals surface area contributed by atoms with Gasteiger partial charge in [0.05, 0.1) is 19.3 Å². The molecule has 0 aliphatic rings. The molecule has 1 rings (SSSR count). The van der Waals surface area contributed by atoms with E-state index in [9.17, 15) is 0 Å². The van der Waals surface area contributed by atoms with Crippen LogP contribution in [0.1, 0.15) is 18.5 Å². The Balaban J connectivity index is 3.03. The van der Waals surface area contributed by atoms with E-state index in [4.69, 9.17) is 15.9 Å². The molecular weight excluding hydrogens is 296 g/mol. The third-order valence-corrected chi connectivity index (χ3v) is 3.61. The number of rotatable bonds is 7. The molecule has 0 amide bonds. The van der Waals surface area contributed by atoms with E-state index < -0.39 is 0 Å². The lowest BCUT2D eigenvalue weighted by Crippen LogP contribution is -2.42. The predicted molar refractivity (Wildman–Crippen MR) is 76.3 cm³/mol. The first-order valence-corrected chi connectivity index (χ1v) is 6.87. The zero-order chi connectivity index (χ0) is 13.5. The highest BCUT2D eigenvalue weighted by molar-refractivity contribution is 9.10. The maximum absolute atomic E-state index is 9.13. The summed E-state index contributed by atoms with van der Waals surface area (Å²) < 4.78 is 0.994. The minimum Gasteiger partial charge on any atom is -0.395 e. The van der Waals surface area contributed by atoms with Gasteiger partial charge in [-0.25, -0.2) is 0 Å². The summed E-state index contributed by atoms with van der Waals surface area (Å²) in [5.41, 5.74) is 7.15. The van der Waals surface area contributed by atoms with E-state index in [1.165, 1.54) is 0 Å². The molecule has 1 aromatic carbocycles. The van der Waals surface area contributed by atoms with Gasteiger partial charge in [-0.1, -0.05) is 34.1 Å². The molecule has 2 unspecified atom stereocenters. The fourth-order valence-electron chi connectivity index (χ4n) is 2.17. The van der Waals surface area contributed by atoms with E-state index in [2.05, 4.69) is 15.9 Å². The fraction of sp³-hybridized carbons (Fsp3) is 0.538. The Morgan fingerprint density at radius 2 is 1.78 bits per heavy atom. The zero-order valence-electron chi connectivity index (χ0n) is 10.6. The van der Waals surface area contributed by atoms with E-state index in [0.29, 0.717) is 13.1 Å². The quantitative estimate of drug-likeness (QED) is 0.705. The first-order chi connectivity index (χ1) is 8.61. The number of nitrogens with two attached hydrogens (primary N) is 1. The standard InChI is InChI=1S/C13H21BrN2O2/c1-10(15)13(16(6-8-17)7-9-18)11-4-2-3-5-12(11)14/h2-5,10,13,17-18H,6-9,15H2,1H3. The molecule has 0 saturated carbocycles. The fourth-order valence-corrected chi connectivity index (χ4v) is 2.69. The molecule has 0 heterocycles. The normalized spacial score (nSPS) is 14.8. The van der Waals surface area contributed by atoms with Gasteiger partial charge in [-0.15, -0.1) is 0 Å². The van der Waals surface area contributed by atoms with Gasteiger partial charge in [-0.3, -0.25) is 4.90 Å². The van der Waals surface area contributed by atoms with Gasteiger partial charge >= 0.3 is 0 Å². The van der Waals surface area contributed by atoms with Crippen LogP contribution in [0.2, 0.25) is 0 Å². The number of benzene rings is 1. The van der Waals surface area contributed by atoms with Crippen molar-refractivity contribution in [3.8, 4) is 0 Å². The highest BCUT2D eigenvalue weighted by Gasteiger charge is 2.24. The molecule has 5 heteroatoms. The van der Waals surface area contributed by atoms with Gasteiger partial charge in [0.1, 0.15) is 0 Å². The van der Waals surface area contributed by atoms with Gasteiger partial charge in [0.2, 0.25) is 0 Å². The number of nitrogens with zero attached hydrogens (tertiary/aromatic N) is 1. The maximum atomic E-state index is 9.13. The van der Waals surface area contributed by atoms with Gasteiger partial charge < -0.3 is 15.9 Å². The average Bonchev–Trinajstić information content (AvgIpc) is 2.32. The summed E-state index contributed by atoms with van der Waals surface area (Å²) in [6.45, 7) is 3.02. The lowest BCUT2D eigenvalue weighted by Gasteiger charge is -2.34. The number of aliphatic hydroxyl groups excluding tert-OH is 2. The van der Waals surface area contributed by atoms with Crippen molar-refractivity contribution in [2.45, 2.75) is 19.0 Å². The van der Waals surface area contributed by atoms with Crippen LogP contribution in [-0.4, -0.2) is 47.5 Å². The molecule has 0 bridgehead atoms. The first-order valence-electron chi connectivity index (χ1n) is 6.07. The summed E-state index contributed by atoms with van der Waals surface area (Å²) in [6, 6.07) is 7.78. The zero-order valence-corrected chi connectivity index (χ0v) is 12.2. The van der Waals surface area contributed by atoms with Crippen molar-refractivity contribution in [1.82, 2.24) is 4.90 Å². The Morgan fingerprint density at radius 3 is 2.22 bits per heavy atom. The van der Waals surface area contributed by atoms with Crippen molar-refractivity contribution in [3.63, 3.8) is 0 Å². The topological polar surface area (TPSA) is 69.7 Å². The van der Waals surface area contributed by atoms with E-state index >= 15 is 0 Å². The number of aliphatic hydroxyl groups is 2. The maximum Gasteiger partial charge on any atom is 0.0558 e. The second kappa shape index (κ2) is 7.86. The van der Waals surface area contributed by atoms with Crippen molar-refractivity contribution < 1.29 is 10.2 Å². The van der Waals surface area contributed by atoms with Gasteiger partial charge in [0.25, 0.3) is 0 Å². The summed E-state index contributed by atoms with van der Waals surface area (Å²) in [5, 5.41) is 18.3. The molecule has 2 atom stereocenters. The Kier molecular flexibility index (Phi) is 6.81. The number of hydrogen-bond donors (Lipinski definition) is 3. The van der Waals surface area contributed by atoms with Gasteiger partial charge in [-0.2, -0.15) is 0 Å². The molecule has 1 aromatic rings. The first kappa shape index (κ1) is 15.6. The van der Waals surface area contributed by atoms with Crippen LogP contribution in [0, 0.1) is 0 Å². The van der Waals surface area contributed by atoms with Crippen LogP contribution in [0.25, 0.3) is 0 Å². The minimum absolute atomic E-state index is 0.0279. The third kappa shape index (κ3) is 4.03. The largest absolute Gasteiger partial charge is 0.395 e. The number of hydrogen-bond acceptors (Lipinski definition) is 4. The molecular formula is C13H21BrN2O2. The average molecular weight is 317 g/mol. The summed E-state index contributed by atoms with van der Waals surface area (Å²) in [4.78, 5) is 2.00. The molecule has 0 aliphatic carbocycles. The lowest BCUT2D eigenvalue weighted by atomic mass is 9.99. The van der Waals surface area contributed by atoms with Crippen LogP contribution >= 0.6 is 15.9 Å². The van der Waals surface area contributed by atoms with Crippen LogP contribution in [0.5, 0.6) is 0 Å². The van der Waals surface area contributed by atoms with Crippen LogP contribution < -0.4 is 5.73 Å². The molecule has 0 aliphatic heterocycles. The summed E-state index contributed by atoms with van der Waals surface area (Å²) in [6.07, 6.45) is 0. The van der Waals surface area contributed by atoms with Crippen LogP contribution in [-0.2, 0) is 0 Å². The van der Waals surface area contributed by atoms with Crippen LogP contribution in [0.4, 0.5) is 0 Å². The second-order valence-corrected chi connectivity index (χ2v) is 5.16. The predicted octanol–water partition coefficient (Wildman–Crippen LogP) is 1.12. The Labute approximate surface area is 117 Å². The van der Waals surface area contributed by atoms with E-state index in [1.807, 2.05) is 36.1 Å². The SMILES string of the molecule is CC(N)C(c1ccccc1Br)N(CCO)CCO. The molecule has 0 saturated heterocycles. The van der Waals surface area contributed by atoms with Gasteiger partial charge in [0, 0.05) is 23.6 Å². The highest BCUT2D eigenvalue weighted by Crippen LogP contribution is 2.29. The van der Waals surface area contributed by atoms with E-state index in [1.54, 1.807) is 0 Å². The number of halogens is 1. The highest BCUT2D eigenvalue weighted by atomic mass is 79.9. The molecule has 18 heavy (non-hydrogen) atoms. The smallest absolute Gasteiger partial charge is 0.0558 e. The molecule has 0 aromatic heterocycles. The summed E-state index contributed by atoms with van der Waals surface area (Å²) in [5.74, 6) is 0. The molecule has 4 nitrogen and oxygen atoms in total. The lowest BCUT2D eigenvalue weighted by molar-refractivity contribution is 0.111. The summed E-state index contributed by atoms with van der Waals surface area (Å²) in [7, 11) is 0.